The highest BCUT2D eigenvalue weighted by molar-refractivity contribution is 8.00. The van der Waals surface area contributed by atoms with Gasteiger partial charge in [-0.1, -0.05) is 0 Å². The van der Waals surface area contributed by atoms with Crippen molar-refractivity contribution in [2.75, 3.05) is 23.5 Å². The van der Waals surface area contributed by atoms with Crippen LogP contribution in [0.2, 0.25) is 0 Å². The number of anilines is 2. The van der Waals surface area contributed by atoms with Crippen molar-refractivity contribution in [2.24, 2.45) is 0 Å². The average Bonchev–Trinajstić information content (AvgIpc) is 3.03. The lowest BCUT2D eigenvalue weighted by Crippen LogP contribution is -2.19. The maximum atomic E-state index is 12.4. The molecule has 0 atom stereocenters. The summed E-state index contributed by atoms with van der Waals surface area (Å²) in [5, 5.41) is 6.57. The summed E-state index contributed by atoms with van der Waals surface area (Å²) in [7, 11) is 1.60. The van der Waals surface area contributed by atoms with E-state index in [1.807, 2.05) is 24.3 Å². The Morgan fingerprint density at radius 2 is 2.19 bits per heavy atom. The van der Waals surface area contributed by atoms with Crippen LogP contribution in [0.3, 0.4) is 0 Å². The Morgan fingerprint density at radius 3 is 3.04 bits per heavy atom. The number of carbonyl (C=O) groups excluding carboxylic acids is 2. The lowest BCUT2D eigenvalue weighted by molar-refractivity contribution is -0.115. The van der Waals surface area contributed by atoms with Crippen molar-refractivity contribution >= 4 is 45.9 Å². The summed E-state index contributed by atoms with van der Waals surface area (Å²) in [6.45, 7) is 0. The molecule has 0 aliphatic carbocycles. The van der Waals surface area contributed by atoms with E-state index >= 15 is 0 Å². The van der Waals surface area contributed by atoms with E-state index in [9.17, 15) is 9.59 Å². The van der Waals surface area contributed by atoms with Gasteiger partial charge in [-0.05, 0) is 30.3 Å². The molecule has 0 fully saturated rings. The normalized spacial score (nSPS) is 13.2. The standard InChI is InChI=1S/C19H16N2O4S/c1-24-13-3-4-14-11(9-25-16(14)8-13)6-18(22)20-12-2-5-17-15(7-12)21-19(23)10-26-17/h2-5,7-9H,6,10H2,1H3,(H,20,22)(H,21,23). The summed E-state index contributed by atoms with van der Waals surface area (Å²) in [5.41, 5.74) is 2.86. The van der Waals surface area contributed by atoms with Crippen LogP contribution >= 0.6 is 11.8 Å². The fraction of sp³-hybridized carbons (Fsp3) is 0.158. The van der Waals surface area contributed by atoms with Crippen LogP contribution in [0.15, 0.2) is 52.0 Å². The van der Waals surface area contributed by atoms with E-state index in [-0.39, 0.29) is 18.2 Å². The van der Waals surface area contributed by atoms with Crippen LogP contribution in [0.4, 0.5) is 11.4 Å². The summed E-state index contributed by atoms with van der Waals surface area (Å²) in [4.78, 5) is 24.9. The molecule has 7 heteroatoms. The molecule has 0 bridgehead atoms. The number of carbonyl (C=O) groups is 2. The summed E-state index contributed by atoms with van der Waals surface area (Å²) in [6, 6.07) is 11.0. The smallest absolute Gasteiger partial charge is 0.234 e. The fourth-order valence-corrected chi connectivity index (χ4v) is 3.65. The van der Waals surface area contributed by atoms with Crippen molar-refractivity contribution in [3.05, 3.63) is 48.2 Å². The molecular formula is C19H16N2O4S. The van der Waals surface area contributed by atoms with Crippen molar-refractivity contribution < 1.29 is 18.7 Å². The van der Waals surface area contributed by atoms with Gasteiger partial charge in [0, 0.05) is 27.6 Å². The highest BCUT2D eigenvalue weighted by atomic mass is 32.2. The molecule has 0 unspecified atom stereocenters. The highest BCUT2D eigenvalue weighted by Gasteiger charge is 2.16. The molecule has 26 heavy (non-hydrogen) atoms. The fourth-order valence-electron chi connectivity index (χ4n) is 2.87. The molecule has 2 heterocycles. The third-order valence-electron chi connectivity index (χ3n) is 4.11. The molecule has 0 spiro atoms. The Labute approximate surface area is 153 Å². The van der Waals surface area contributed by atoms with Gasteiger partial charge >= 0.3 is 0 Å². The van der Waals surface area contributed by atoms with Crippen LogP contribution in [0.5, 0.6) is 5.75 Å². The Morgan fingerprint density at radius 1 is 1.31 bits per heavy atom. The van der Waals surface area contributed by atoms with Gasteiger partial charge in [0.15, 0.2) is 0 Å². The zero-order valence-electron chi connectivity index (χ0n) is 14.0. The number of hydrogen-bond donors (Lipinski definition) is 2. The largest absolute Gasteiger partial charge is 0.497 e. The second kappa shape index (κ2) is 6.76. The first-order valence-electron chi connectivity index (χ1n) is 8.03. The van der Waals surface area contributed by atoms with Crippen molar-refractivity contribution in [1.82, 2.24) is 0 Å². The average molecular weight is 368 g/mol. The van der Waals surface area contributed by atoms with Crippen LogP contribution in [-0.4, -0.2) is 24.7 Å². The molecule has 0 radical (unpaired) electrons. The number of ether oxygens (including phenoxy) is 1. The zero-order chi connectivity index (χ0) is 18.1. The molecule has 6 nitrogen and oxygen atoms in total. The minimum atomic E-state index is -0.154. The number of fused-ring (bicyclic) bond motifs is 2. The summed E-state index contributed by atoms with van der Waals surface area (Å²) >= 11 is 1.49. The van der Waals surface area contributed by atoms with Gasteiger partial charge in [0.25, 0.3) is 0 Å². The molecule has 2 amide bonds. The first-order valence-corrected chi connectivity index (χ1v) is 9.01. The van der Waals surface area contributed by atoms with Crippen LogP contribution < -0.4 is 15.4 Å². The summed E-state index contributed by atoms with van der Waals surface area (Å²) in [6.07, 6.45) is 1.78. The maximum absolute atomic E-state index is 12.4. The highest BCUT2D eigenvalue weighted by Crippen LogP contribution is 2.33. The number of methoxy groups -OCH3 is 1. The predicted molar refractivity (Wildman–Crippen MR) is 101 cm³/mol. The van der Waals surface area contributed by atoms with Crippen molar-refractivity contribution in [1.29, 1.82) is 0 Å². The maximum Gasteiger partial charge on any atom is 0.234 e. The van der Waals surface area contributed by atoms with Gasteiger partial charge in [-0.15, -0.1) is 11.8 Å². The van der Waals surface area contributed by atoms with Gasteiger partial charge in [-0.3, -0.25) is 9.59 Å². The van der Waals surface area contributed by atoms with Crippen molar-refractivity contribution in [2.45, 2.75) is 11.3 Å². The van der Waals surface area contributed by atoms with Gasteiger partial charge in [0.2, 0.25) is 11.8 Å². The molecule has 2 N–H and O–H groups in total. The number of thioether (sulfide) groups is 1. The second-order valence-electron chi connectivity index (χ2n) is 5.90. The molecule has 1 aliphatic heterocycles. The molecule has 1 aliphatic rings. The SMILES string of the molecule is COc1ccc2c(CC(=O)Nc3ccc4c(c3)NC(=O)CS4)coc2c1. The van der Waals surface area contributed by atoms with E-state index in [0.717, 1.165) is 21.5 Å². The quantitative estimate of drug-likeness (QED) is 0.734. The van der Waals surface area contributed by atoms with E-state index in [0.29, 0.717) is 22.8 Å². The molecule has 132 valence electrons. The van der Waals surface area contributed by atoms with Crippen LogP contribution in [0.1, 0.15) is 5.56 Å². The van der Waals surface area contributed by atoms with Crippen LogP contribution in [0.25, 0.3) is 11.0 Å². The topological polar surface area (TPSA) is 80.6 Å². The third kappa shape index (κ3) is 3.25. The summed E-state index contributed by atoms with van der Waals surface area (Å²) in [5.74, 6) is 0.929. The number of furan rings is 1. The predicted octanol–water partition coefficient (Wildman–Crippen LogP) is 3.67. The Kier molecular flexibility index (Phi) is 4.30. The van der Waals surface area contributed by atoms with Crippen molar-refractivity contribution in [3.8, 4) is 5.75 Å². The zero-order valence-corrected chi connectivity index (χ0v) is 14.8. The monoisotopic (exact) mass is 368 g/mol. The molecule has 3 aromatic rings. The third-order valence-corrected chi connectivity index (χ3v) is 5.18. The van der Waals surface area contributed by atoms with E-state index < -0.39 is 0 Å². The number of nitrogens with one attached hydrogen (secondary N) is 2. The first-order chi connectivity index (χ1) is 12.6. The minimum Gasteiger partial charge on any atom is -0.497 e. The van der Waals surface area contributed by atoms with Crippen molar-refractivity contribution in [3.63, 3.8) is 0 Å². The first kappa shape index (κ1) is 16.5. The van der Waals surface area contributed by atoms with Gasteiger partial charge < -0.3 is 19.8 Å². The molecule has 0 saturated heterocycles. The number of amides is 2. The lowest BCUT2D eigenvalue weighted by atomic mass is 10.1. The van der Waals surface area contributed by atoms with Gasteiger partial charge in [-0.2, -0.15) is 0 Å². The Bertz CT molecular complexity index is 1010. The number of rotatable bonds is 4. The van der Waals surface area contributed by atoms with Gasteiger partial charge in [0.05, 0.1) is 31.2 Å². The summed E-state index contributed by atoms with van der Waals surface area (Å²) < 4.78 is 10.7. The van der Waals surface area contributed by atoms with E-state index in [1.54, 1.807) is 25.5 Å². The molecule has 2 aromatic carbocycles. The lowest BCUT2D eigenvalue weighted by Gasteiger charge is -2.17. The molecule has 1 aromatic heterocycles. The van der Waals surface area contributed by atoms with E-state index in [2.05, 4.69) is 10.6 Å². The molecule has 4 rings (SSSR count). The Hall–Kier alpha value is -2.93. The minimum absolute atomic E-state index is 0.0359. The Balaban J connectivity index is 1.49. The molecular weight excluding hydrogens is 352 g/mol. The van der Waals surface area contributed by atoms with E-state index in [4.69, 9.17) is 9.15 Å². The number of hydrogen-bond acceptors (Lipinski definition) is 5. The van der Waals surface area contributed by atoms with E-state index in [1.165, 1.54) is 11.8 Å². The van der Waals surface area contributed by atoms with Gasteiger partial charge in [-0.25, -0.2) is 0 Å². The molecule has 0 saturated carbocycles. The van der Waals surface area contributed by atoms with Crippen LogP contribution in [0, 0.1) is 0 Å². The van der Waals surface area contributed by atoms with Crippen LogP contribution in [-0.2, 0) is 16.0 Å². The van der Waals surface area contributed by atoms with Gasteiger partial charge in [0.1, 0.15) is 11.3 Å². The number of benzene rings is 2. The second-order valence-corrected chi connectivity index (χ2v) is 6.91.